The Morgan fingerprint density at radius 2 is 1.69 bits per heavy atom. The minimum atomic E-state index is -4.29. The van der Waals surface area contributed by atoms with Gasteiger partial charge in [0.2, 0.25) is 0 Å². The zero-order valence-corrected chi connectivity index (χ0v) is 16.4. The molecule has 0 bridgehead atoms. The maximum atomic E-state index is 11.9. The molecule has 7 nitrogen and oxygen atoms in total. The molecule has 2 aromatic carbocycles. The number of carbonyl (C=O) groups excluding carboxylic acids is 2. The number of rotatable bonds is 7. The predicted octanol–water partition coefficient (Wildman–Crippen LogP) is 3.08. The number of benzene rings is 2. The molecule has 0 saturated heterocycles. The largest absolute Gasteiger partial charge is 0.462 e. The number of hydrogen-bond acceptors (Lipinski definition) is 6. The summed E-state index contributed by atoms with van der Waals surface area (Å²) in [4.78, 5) is 23.3. The lowest BCUT2D eigenvalue weighted by molar-refractivity contribution is -0.134. The fraction of sp³-hybridized carbons (Fsp3) is 0.176. The van der Waals surface area contributed by atoms with E-state index in [1.54, 1.807) is 18.2 Å². The first-order chi connectivity index (χ1) is 12.3. The quantitative estimate of drug-likeness (QED) is 0.209. The molecule has 138 valence electrons. The van der Waals surface area contributed by atoms with Gasteiger partial charge in [-0.15, -0.1) is 0 Å². The third kappa shape index (κ3) is 6.07. The van der Waals surface area contributed by atoms with Gasteiger partial charge in [0.25, 0.3) is 10.1 Å². The van der Waals surface area contributed by atoms with Crippen LogP contribution in [0.15, 0.2) is 53.4 Å². The zero-order chi connectivity index (χ0) is 19.2. The Balaban J connectivity index is 1.75. The van der Waals surface area contributed by atoms with Crippen molar-refractivity contribution in [2.75, 3.05) is 6.61 Å². The molecule has 9 heteroatoms. The molecule has 0 atom stereocenters. The lowest BCUT2D eigenvalue weighted by Crippen LogP contribution is -2.12. The lowest BCUT2D eigenvalue weighted by atomic mass is 10.2. The fourth-order valence-corrected chi connectivity index (χ4v) is 3.04. The summed E-state index contributed by atoms with van der Waals surface area (Å²) >= 11 is 2.04. The zero-order valence-electron chi connectivity index (χ0n) is 13.4. The lowest BCUT2D eigenvalue weighted by Gasteiger charge is -2.07. The van der Waals surface area contributed by atoms with E-state index < -0.39 is 22.1 Å². The second-order valence-electron chi connectivity index (χ2n) is 5.14. The molecule has 0 aliphatic heterocycles. The maximum absolute atomic E-state index is 11.9. The van der Waals surface area contributed by atoms with Crippen LogP contribution in [0.3, 0.4) is 0 Å². The van der Waals surface area contributed by atoms with Crippen molar-refractivity contribution < 1.29 is 32.0 Å². The molecule has 1 N–H and O–H groups in total. The van der Waals surface area contributed by atoms with Crippen molar-refractivity contribution in [3.8, 4) is 5.75 Å². The minimum absolute atomic E-state index is 0.0270. The van der Waals surface area contributed by atoms with Crippen LogP contribution in [-0.2, 0) is 19.6 Å². The van der Waals surface area contributed by atoms with Crippen LogP contribution in [0.1, 0.15) is 23.2 Å². The van der Waals surface area contributed by atoms with E-state index in [1.165, 1.54) is 12.1 Å². The highest BCUT2D eigenvalue weighted by atomic mass is 127. The minimum Gasteiger partial charge on any atom is -0.462 e. The molecule has 2 rings (SSSR count). The molecule has 0 unspecified atom stereocenters. The van der Waals surface area contributed by atoms with Gasteiger partial charge in [0.05, 0.1) is 17.1 Å². The number of esters is 2. The summed E-state index contributed by atoms with van der Waals surface area (Å²) in [6.45, 7) is 0.0700. The first kappa shape index (κ1) is 20.3. The summed E-state index contributed by atoms with van der Waals surface area (Å²) in [5.41, 5.74) is 0.467. The third-order valence-electron chi connectivity index (χ3n) is 3.21. The van der Waals surface area contributed by atoms with Gasteiger partial charge in [-0.2, -0.15) is 8.42 Å². The Labute approximate surface area is 164 Å². The van der Waals surface area contributed by atoms with Crippen LogP contribution in [0.5, 0.6) is 5.75 Å². The van der Waals surface area contributed by atoms with Crippen LogP contribution in [0, 0.1) is 3.57 Å². The Morgan fingerprint density at radius 1 is 1.04 bits per heavy atom. The average molecular weight is 490 g/mol. The van der Waals surface area contributed by atoms with Crippen molar-refractivity contribution in [1.29, 1.82) is 0 Å². The van der Waals surface area contributed by atoms with Crippen molar-refractivity contribution >= 4 is 44.6 Å². The van der Waals surface area contributed by atoms with Gasteiger partial charge in [-0.1, -0.05) is 12.1 Å². The molecule has 0 amide bonds. The standard InChI is InChI=1S/C17H15IO7S/c18-15-5-2-1-4-14(15)17(20)24-11-3-6-16(19)25-12-7-9-13(10-8-12)26(21,22)23/h1-2,4-5,7-10H,3,6,11H2,(H,21,22,23). The van der Waals surface area contributed by atoms with Gasteiger partial charge in [0.15, 0.2) is 0 Å². The van der Waals surface area contributed by atoms with E-state index in [0.717, 1.165) is 15.7 Å². The van der Waals surface area contributed by atoms with Gasteiger partial charge in [0, 0.05) is 9.99 Å². The Kier molecular flexibility index (Phi) is 7.12. The van der Waals surface area contributed by atoms with Gasteiger partial charge in [0.1, 0.15) is 5.75 Å². The van der Waals surface area contributed by atoms with Crippen LogP contribution in [0.2, 0.25) is 0 Å². The molecule has 0 spiro atoms. The van der Waals surface area contributed by atoms with Crippen LogP contribution < -0.4 is 4.74 Å². The van der Waals surface area contributed by atoms with E-state index >= 15 is 0 Å². The van der Waals surface area contributed by atoms with E-state index in [-0.39, 0.29) is 30.1 Å². The first-order valence-electron chi connectivity index (χ1n) is 7.47. The third-order valence-corrected chi connectivity index (χ3v) is 5.01. The average Bonchev–Trinajstić information content (AvgIpc) is 2.58. The molecule has 0 saturated carbocycles. The number of carbonyl (C=O) groups is 2. The van der Waals surface area contributed by atoms with Crippen molar-refractivity contribution in [3.63, 3.8) is 0 Å². The summed E-state index contributed by atoms with van der Waals surface area (Å²) in [6.07, 6.45) is 0.316. The highest BCUT2D eigenvalue weighted by Gasteiger charge is 2.12. The summed E-state index contributed by atoms with van der Waals surface area (Å²) in [6, 6.07) is 11.8. The molecule has 0 aliphatic rings. The summed E-state index contributed by atoms with van der Waals surface area (Å²) in [7, 11) is -4.29. The highest BCUT2D eigenvalue weighted by molar-refractivity contribution is 14.1. The summed E-state index contributed by atoms with van der Waals surface area (Å²) < 4.78 is 41.7. The molecule has 0 fully saturated rings. The van der Waals surface area contributed by atoms with Gasteiger partial charge >= 0.3 is 11.9 Å². The first-order valence-corrected chi connectivity index (χ1v) is 9.99. The van der Waals surface area contributed by atoms with Crippen LogP contribution in [0.25, 0.3) is 0 Å². The Hall–Kier alpha value is -1.98. The van der Waals surface area contributed by atoms with Gasteiger partial charge in [-0.05, 0) is 65.4 Å². The van der Waals surface area contributed by atoms with Crippen molar-refractivity contribution in [1.82, 2.24) is 0 Å². The van der Waals surface area contributed by atoms with E-state index in [2.05, 4.69) is 0 Å². The van der Waals surface area contributed by atoms with E-state index in [9.17, 15) is 18.0 Å². The second kappa shape index (κ2) is 9.10. The molecule has 0 radical (unpaired) electrons. The molecule has 2 aromatic rings. The van der Waals surface area contributed by atoms with Gasteiger partial charge < -0.3 is 9.47 Å². The molecule has 0 heterocycles. The fourth-order valence-electron chi connectivity index (χ4n) is 1.95. The van der Waals surface area contributed by atoms with E-state index in [4.69, 9.17) is 14.0 Å². The monoisotopic (exact) mass is 490 g/mol. The SMILES string of the molecule is O=C(CCCOC(=O)c1ccccc1I)Oc1ccc(S(=O)(=O)O)cc1. The maximum Gasteiger partial charge on any atom is 0.339 e. The van der Waals surface area contributed by atoms with E-state index in [1.807, 2.05) is 28.7 Å². The molecule has 0 aromatic heterocycles. The van der Waals surface area contributed by atoms with Crippen LogP contribution in [-0.4, -0.2) is 31.5 Å². The number of halogens is 1. The molecule has 26 heavy (non-hydrogen) atoms. The summed E-state index contributed by atoms with van der Waals surface area (Å²) in [5.74, 6) is -0.850. The molecule has 0 aliphatic carbocycles. The highest BCUT2D eigenvalue weighted by Crippen LogP contribution is 2.16. The van der Waals surface area contributed by atoms with Gasteiger partial charge in [-0.3, -0.25) is 9.35 Å². The van der Waals surface area contributed by atoms with Crippen molar-refractivity contribution in [2.24, 2.45) is 0 Å². The normalized spacial score (nSPS) is 11.0. The van der Waals surface area contributed by atoms with Crippen molar-refractivity contribution in [3.05, 3.63) is 57.7 Å². The van der Waals surface area contributed by atoms with Crippen LogP contribution >= 0.6 is 22.6 Å². The molecular formula is C17H15IO7S. The van der Waals surface area contributed by atoms with Gasteiger partial charge in [-0.25, -0.2) is 4.79 Å². The van der Waals surface area contributed by atoms with Crippen molar-refractivity contribution in [2.45, 2.75) is 17.7 Å². The van der Waals surface area contributed by atoms with Crippen LogP contribution in [0.4, 0.5) is 0 Å². The Morgan fingerprint density at radius 3 is 2.31 bits per heavy atom. The second-order valence-corrected chi connectivity index (χ2v) is 7.72. The smallest absolute Gasteiger partial charge is 0.339 e. The number of hydrogen-bond donors (Lipinski definition) is 1. The number of ether oxygens (including phenoxy) is 2. The van der Waals surface area contributed by atoms with E-state index in [0.29, 0.717) is 5.56 Å². The Bertz CT molecular complexity index is 892. The molecular weight excluding hydrogens is 475 g/mol. The topological polar surface area (TPSA) is 107 Å². The summed E-state index contributed by atoms with van der Waals surface area (Å²) in [5, 5.41) is 0. The predicted molar refractivity (Wildman–Crippen MR) is 101 cm³/mol.